The van der Waals surface area contributed by atoms with Crippen molar-refractivity contribution < 1.29 is 9.59 Å². The monoisotopic (exact) mass is 331 g/mol. The predicted molar refractivity (Wildman–Crippen MR) is 73.5 cm³/mol. The van der Waals surface area contributed by atoms with Gasteiger partial charge in [-0.25, -0.2) is 0 Å². The van der Waals surface area contributed by atoms with E-state index in [0.29, 0.717) is 13.1 Å². The van der Waals surface area contributed by atoms with Crippen LogP contribution in [0.3, 0.4) is 0 Å². The average molecular weight is 332 g/mol. The van der Waals surface area contributed by atoms with Crippen LogP contribution in [0.1, 0.15) is 4.88 Å². The number of rotatable bonds is 4. The van der Waals surface area contributed by atoms with Gasteiger partial charge in [-0.05, 0) is 34.5 Å². The van der Waals surface area contributed by atoms with Crippen LogP contribution < -0.4 is 16.0 Å². The normalized spacial score (nSPS) is 19.4. The van der Waals surface area contributed by atoms with E-state index in [0.717, 1.165) is 10.2 Å². The SMILES string of the molecule is O=C1CNC(C(=O)NCCc2ccc(Br)s2)CN1. The molecule has 5 nitrogen and oxygen atoms in total. The summed E-state index contributed by atoms with van der Waals surface area (Å²) in [5.41, 5.74) is 0. The van der Waals surface area contributed by atoms with Gasteiger partial charge in [-0.15, -0.1) is 11.3 Å². The fraction of sp³-hybridized carbons (Fsp3) is 0.455. The first-order chi connectivity index (χ1) is 8.65. The fourth-order valence-electron chi connectivity index (χ4n) is 1.67. The zero-order valence-corrected chi connectivity index (χ0v) is 12.1. The van der Waals surface area contributed by atoms with Gasteiger partial charge in [-0.2, -0.15) is 0 Å². The molecule has 98 valence electrons. The maximum Gasteiger partial charge on any atom is 0.238 e. The Kier molecular flexibility index (Phi) is 4.73. The van der Waals surface area contributed by atoms with Crippen molar-refractivity contribution >= 4 is 39.1 Å². The molecule has 3 N–H and O–H groups in total. The van der Waals surface area contributed by atoms with Crippen LogP contribution in [0.4, 0.5) is 0 Å². The summed E-state index contributed by atoms with van der Waals surface area (Å²) in [6.45, 7) is 1.17. The fourth-order valence-corrected chi connectivity index (χ4v) is 3.15. The van der Waals surface area contributed by atoms with Gasteiger partial charge in [-0.1, -0.05) is 0 Å². The van der Waals surface area contributed by atoms with E-state index in [1.807, 2.05) is 12.1 Å². The molecule has 1 unspecified atom stereocenters. The largest absolute Gasteiger partial charge is 0.354 e. The smallest absolute Gasteiger partial charge is 0.238 e. The van der Waals surface area contributed by atoms with Crippen molar-refractivity contribution in [2.45, 2.75) is 12.5 Å². The number of carbonyl (C=O) groups excluding carboxylic acids is 2. The molecule has 1 aliphatic heterocycles. The lowest BCUT2D eigenvalue weighted by molar-refractivity contribution is -0.126. The Morgan fingerprint density at radius 2 is 2.39 bits per heavy atom. The maximum absolute atomic E-state index is 11.8. The van der Waals surface area contributed by atoms with E-state index >= 15 is 0 Å². The second-order valence-corrected chi connectivity index (χ2v) is 6.53. The quantitative estimate of drug-likeness (QED) is 0.741. The van der Waals surface area contributed by atoms with E-state index in [9.17, 15) is 9.59 Å². The first kappa shape index (κ1) is 13.5. The van der Waals surface area contributed by atoms with Gasteiger partial charge >= 0.3 is 0 Å². The second kappa shape index (κ2) is 6.31. The highest BCUT2D eigenvalue weighted by Crippen LogP contribution is 2.21. The molecule has 1 saturated heterocycles. The van der Waals surface area contributed by atoms with Gasteiger partial charge in [-0.3, -0.25) is 14.9 Å². The molecule has 1 aromatic rings. The Bertz CT molecular complexity index is 439. The zero-order chi connectivity index (χ0) is 13.0. The molecule has 0 bridgehead atoms. The van der Waals surface area contributed by atoms with Gasteiger partial charge in [0.15, 0.2) is 0 Å². The highest BCUT2D eigenvalue weighted by molar-refractivity contribution is 9.11. The van der Waals surface area contributed by atoms with Crippen molar-refractivity contribution in [1.82, 2.24) is 16.0 Å². The number of thiophene rings is 1. The number of hydrogen-bond donors (Lipinski definition) is 3. The number of halogens is 1. The van der Waals surface area contributed by atoms with Gasteiger partial charge < -0.3 is 10.6 Å². The lowest BCUT2D eigenvalue weighted by Gasteiger charge is -2.23. The number of hydrogen-bond acceptors (Lipinski definition) is 4. The first-order valence-corrected chi connectivity index (χ1v) is 7.28. The molecule has 0 spiro atoms. The Balaban J connectivity index is 1.70. The van der Waals surface area contributed by atoms with Gasteiger partial charge in [0.1, 0.15) is 6.04 Å². The summed E-state index contributed by atoms with van der Waals surface area (Å²) in [6.07, 6.45) is 0.821. The standard InChI is InChI=1S/C11H14BrN3O2S/c12-9-2-1-7(18-9)3-4-13-11(17)8-5-15-10(16)6-14-8/h1-2,8,14H,3-6H2,(H,13,17)(H,15,16). The van der Waals surface area contributed by atoms with Crippen LogP contribution in [0.25, 0.3) is 0 Å². The Labute approximate surface area is 117 Å². The van der Waals surface area contributed by atoms with Crippen molar-refractivity contribution in [3.05, 3.63) is 20.8 Å². The van der Waals surface area contributed by atoms with Crippen LogP contribution in [0.5, 0.6) is 0 Å². The number of nitrogens with one attached hydrogen (secondary N) is 3. The van der Waals surface area contributed by atoms with Crippen molar-refractivity contribution in [3.8, 4) is 0 Å². The first-order valence-electron chi connectivity index (χ1n) is 5.67. The molecule has 0 radical (unpaired) electrons. The number of piperazine rings is 1. The van der Waals surface area contributed by atoms with Crippen LogP contribution in [-0.4, -0.2) is 37.5 Å². The average Bonchev–Trinajstić information content (AvgIpc) is 2.76. The molecule has 2 heterocycles. The molecule has 1 fully saturated rings. The maximum atomic E-state index is 11.8. The minimum absolute atomic E-state index is 0.0642. The molecule has 1 aliphatic rings. The van der Waals surface area contributed by atoms with Crippen molar-refractivity contribution in [2.75, 3.05) is 19.6 Å². The zero-order valence-electron chi connectivity index (χ0n) is 9.66. The van der Waals surface area contributed by atoms with Gasteiger partial charge in [0.2, 0.25) is 11.8 Å². The molecule has 0 saturated carbocycles. The summed E-state index contributed by atoms with van der Waals surface area (Å²) >= 11 is 5.07. The third-order valence-electron chi connectivity index (χ3n) is 2.63. The predicted octanol–water partition coefficient (Wildman–Crippen LogP) is 0.257. The highest BCUT2D eigenvalue weighted by atomic mass is 79.9. The Morgan fingerprint density at radius 3 is 3.00 bits per heavy atom. The van der Waals surface area contributed by atoms with Crippen LogP contribution in [0.2, 0.25) is 0 Å². The Hall–Kier alpha value is -0.920. The van der Waals surface area contributed by atoms with Crippen LogP contribution in [0, 0.1) is 0 Å². The van der Waals surface area contributed by atoms with E-state index in [1.54, 1.807) is 11.3 Å². The molecular formula is C11H14BrN3O2S. The highest BCUT2D eigenvalue weighted by Gasteiger charge is 2.23. The topological polar surface area (TPSA) is 70.2 Å². The summed E-state index contributed by atoms with van der Waals surface area (Å²) < 4.78 is 1.10. The summed E-state index contributed by atoms with van der Waals surface area (Å²) in [5, 5.41) is 8.41. The summed E-state index contributed by atoms with van der Waals surface area (Å²) in [6, 6.07) is 3.72. The Morgan fingerprint density at radius 1 is 1.56 bits per heavy atom. The molecule has 18 heavy (non-hydrogen) atoms. The van der Waals surface area contributed by atoms with Crippen molar-refractivity contribution in [3.63, 3.8) is 0 Å². The van der Waals surface area contributed by atoms with Crippen molar-refractivity contribution in [2.24, 2.45) is 0 Å². The van der Waals surface area contributed by atoms with E-state index in [1.165, 1.54) is 4.88 Å². The van der Waals surface area contributed by atoms with Crippen LogP contribution >= 0.6 is 27.3 Å². The number of amides is 2. The lowest BCUT2D eigenvalue weighted by Crippen LogP contribution is -2.58. The van der Waals surface area contributed by atoms with Crippen LogP contribution in [-0.2, 0) is 16.0 Å². The van der Waals surface area contributed by atoms with Gasteiger partial charge in [0.05, 0.1) is 10.3 Å². The third-order valence-corrected chi connectivity index (χ3v) is 4.31. The minimum Gasteiger partial charge on any atom is -0.354 e. The van der Waals surface area contributed by atoms with Gasteiger partial charge in [0.25, 0.3) is 0 Å². The molecule has 2 rings (SSSR count). The molecule has 1 atom stereocenters. The third kappa shape index (κ3) is 3.79. The van der Waals surface area contributed by atoms with E-state index in [2.05, 4.69) is 31.9 Å². The summed E-state index contributed by atoms with van der Waals surface area (Å²) in [5.74, 6) is -0.131. The number of carbonyl (C=O) groups is 2. The van der Waals surface area contributed by atoms with Crippen LogP contribution in [0.15, 0.2) is 15.9 Å². The molecule has 0 aliphatic carbocycles. The van der Waals surface area contributed by atoms with E-state index in [-0.39, 0.29) is 24.4 Å². The molecule has 0 aromatic carbocycles. The molecular weight excluding hydrogens is 318 g/mol. The molecule has 1 aromatic heterocycles. The molecule has 2 amide bonds. The van der Waals surface area contributed by atoms with E-state index in [4.69, 9.17) is 0 Å². The van der Waals surface area contributed by atoms with E-state index < -0.39 is 0 Å². The minimum atomic E-state index is -0.322. The summed E-state index contributed by atoms with van der Waals surface area (Å²) in [7, 11) is 0. The van der Waals surface area contributed by atoms with Gasteiger partial charge in [0, 0.05) is 18.0 Å². The lowest BCUT2D eigenvalue weighted by atomic mass is 10.2. The summed E-state index contributed by atoms with van der Waals surface area (Å²) in [4.78, 5) is 23.9. The van der Waals surface area contributed by atoms with Crippen molar-refractivity contribution in [1.29, 1.82) is 0 Å². The molecule has 7 heteroatoms. The second-order valence-electron chi connectivity index (χ2n) is 3.98.